The molecule has 1 unspecified atom stereocenters. The van der Waals surface area contributed by atoms with E-state index in [1.807, 2.05) is 60.7 Å². The molecule has 2 saturated carbocycles. The van der Waals surface area contributed by atoms with Gasteiger partial charge in [0, 0.05) is 35.4 Å². The third kappa shape index (κ3) is 8.62. The number of pyridine rings is 1. The Morgan fingerprint density at radius 2 is 1.79 bits per heavy atom. The van der Waals surface area contributed by atoms with Crippen LogP contribution in [0.25, 0.3) is 22.2 Å². The monoisotopic (exact) mass is 787 g/mol. The number of sulfonamides is 1. The lowest BCUT2D eigenvalue weighted by atomic mass is 10.0. The van der Waals surface area contributed by atoms with Crippen molar-refractivity contribution in [2.75, 3.05) is 13.7 Å². The van der Waals surface area contributed by atoms with Gasteiger partial charge in [0.15, 0.2) is 0 Å². The molecule has 1 aromatic heterocycles. The molecule has 1 saturated heterocycles. The van der Waals surface area contributed by atoms with Crippen molar-refractivity contribution in [1.29, 1.82) is 0 Å². The molecule has 14 nitrogen and oxygen atoms in total. The zero-order valence-electron chi connectivity index (χ0n) is 32.1. The number of carbonyl (C=O) groups is 4. The van der Waals surface area contributed by atoms with Gasteiger partial charge in [-0.05, 0) is 71.4 Å². The van der Waals surface area contributed by atoms with Gasteiger partial charge in [-0.15, -0.1) is 0 Å². The Balaban J connectivity index is 1.22. The summed E-state index contributed by atoms with van der Waals surface area (Å²) in [5, 5.41) is 5.70. The van der Waals surface area contributed by atoms with Crippen LogP contribution in [0.4, 0.5) is 4.79 Å². The number of fused-ring (bicyclic) bond motifs is 3. The predicted molar refractivity (Wildman–Crippen MR) is 208 cm³/mol. The van der Waals surface area contributed by atoms with E-state index in [4.69, 9.17) is 19.2 Å². The SMILES string of the molecule is COc1ccc2c(O[C@@H]3C[C@H]4C(=O)N[C@]5(C(=O)NS(=O)(=O)C6CC6)CC5C=CCCCC[C@H](NC(=O)OC(C)(C)C)C(=O)N4C3)cc(-c3ccccc3)nc2c1. The lowest BCUT2D eigenvalue weighted by Gasteiger charge is -2.30. The molecule has 0 spiro atoms. The van der Waals surface area contributed by atoms with E-state index in [0.29, 0.717) is 66.6 Å². The number of amides is 4. The first kappa shape index (κ1) is 39.1. The number of alkyl carbamates (subject to hydrolysis) is 1. The second-order valence-electron chi connectivity index (χ2n) is 16.1. The second kappa shape index (κ2) is 15.4. The van der Waals surface area contributed by atoms with E-state index in [1.54, 1.807) is 33.9 Å². The highest BCUT2D eigenvalue weighted by Crippen LogP contribution is 2.46. The summed E-state index contributed by atoms with van der Waals surface area (Å²) in [7, 11) is -2.32. The van der Waals surface area contributed by atoms with E-state index in [2.05, 4.69) is 15.4 Å². The number of allylic oxidation sites excluding steroid dienone is 1. The molecule has 4 amide bonds. The summed E-state index contributed by atoms with van der Waals surface area (Å²) in [6.07, 6.45) is 5.69. The number of ether oxygens (including phenoxy) is 3. The number of nitrogens with zero attached hydrogens (tertiary/aromatic N) is 2. The quantitative estimate of drug-likeness (QED) is 0.269. The summed E-state index contributed by atoms with van der Waals surface area (Å²) in [5.41, 5.74) is -0.193. The largest absolute Gasteiger partial charge is 0.497 e. The van der Waals surface area contributed by atoms with Crippen LogP contribution in [0.2, 0.25) is 0 Å². The Bertz CT molecular complexity index is 2150. The Kier molecular flexibility index (Phi) is 10.7. The van der Waals surface area contributed by atoms with Crippen LogP contribution in [-0.4, -0.2) is 90.3 Å². The molecule has 3 fully saturated rings. The van der Waals surface area contributed by atoms with E-state index in [0.717, 1.165) is 5.56 Å². The molecule has 2 aliphatic heterocycles. The molecule has 0 radical (unpaired) electrons. The third-order valence-corrected chi connectivity index (χ3v) is 12.4. The smallest absolute Gasteiger partial charge is 0.408 e. The first-order valence-corrected chi connectivity index (χ1v) is 20.8. The minimum Gasteiger partial charge on any atom is -0.497 e. The number of hydrogen-bond donors (Lipinski definition) is 3. The molecular formula is C41H49N5O9S. The summed E-state index contributed by atoms with van der Waals surface area (Å²) in [6.45, 7) is 5.17. The molecule has 3 aromatic rings. The number of nitrogens with one attached hydrogen (secondary N) is 3. The number of benzene rings is 2. The molecule has 56 heavy (non-hydrogen) atoms. The van der Waals surface area contributed by atoms with Gasteiger partial charge in [0.05, 0.1) is 30.1 Å². The first-order chi connectivity index (χ1) is 26.7. The highest BCUT2D eigenvalue weighted by atomic mass is 32.2. The van der Waals surface area contributed by atoms with Gasteiger partial charge in [-0.2, -0.15) is 0 Å². The summed E-state index contributed by atoms with van der Waals surface area (Å²) in [5.74, 6) is -1.25. The normalized spacial score (nSPS) is 25.6. The lowest BCUT2D eigenvalue weighted by Crippen LogP contribution is -2.58. The van der Waals surface area contributed by atoms with Crippen LogP contribution >= 0.6 is 0 Å². The van der Waals surface area contributed by atoms with E-state index in [-0.39, 0.29) is 19.4 Å². The van der Waals surface area contributed by atoms with Crippen molar-refractivity contribution in [3.8, 4) is 22.8 Å². The molecule has 2 aromatic carbocycles. The van der Waals surface area contributed by atoms with Crippen LogP contribution in [0.5, 0.6) is 11.5 Å². The molecule has 0 bridgehead atoms. The van der Waals surface area contributed by atoms with Crippen molar-refractivity contribution < 1.29 is 41.8 Å². The highest BCUT2D eigenvalue weighted by molar-refractivity contribution is 7.91. The van der Waals surface area contributed by atoms with E-state index < -0.39 is 74.3 Å². The van der Waals surface area contributed by atoms with Crippen LogP contribution in [0.15, 0.2) is 66.7 Å². The Labute approximate surface area is 326 Å². The van der Waals surface area contributed by atoms with Gasteiger partial charge in [0.25, 0.3) is 5.91 Å². The molecule has 15 heteroatoms. The zero-order chi connectivity index (χ0) is 39.8. The summed E-state index contributed by atoms with van der Waals surface area (Å²) < 4.78 is 45.6. The maximum atomic E-state index is 14.6. The third-order valence-electron chi connectivity index (χ3n) is 10.6. The maximum absolute atomic E-state index is 14.6. The van der Waals surface area contributed by atoms with E-state index >= 15 is 0 Å². The van der Waals surface area contributed by atoms with Crippen LogP contribution in [0, 0.1) is 5.92 Å². The Morgan fingerprint density at radius 3 is 2.50 bits per heavy atom. The number of rotatable bonds is 8. The Hall–Kier alpha value is -5.18. The molecule has 2 aliphatic carbocycles. The zero-order valence-corrected chi connectivity index (χ0v) is 32.9. The van der Waals surface area contributed by atoms with Crippen molar-refractivity contribution >= 4 is 44.7 Å². The fourth-order valence-corrected chi connectivity index (χ4v) is 8.82. The predicted octanol–water partition coefficient (Wildman–Crippen LogP) is 4.77. The Morgan fingerprint density at radius 1 is 1.02 bits per heavy atom. The average molecular weight is 788 g/mol. The standard InChI is InChI=1S/C41H49N5O9S/c1-40(2,3)55-39(50)43-31-15-11-6-5-10-14-26-23-41(26,38(49)45-56(51,52)29-17-18-29)44-36(47)34-21-28(24-46(34)37(31)48)54-35-22-32(25-12-8-7-9-13-25)42-33-20-27(53-4)16-19-30(33)35/h7-10,12-14,16,19-20,22,26,28-29,31,34H,5-6,11,15,17-18,21,23-24H2,1-4H3,(H,43,50)(H,44,47)(H,45,49)/t26?,28-,31+,34+,41-/m1/s1. The molecular weight excluding hydrogens is 739 g/mol. The fourth-order valence-electron chi connectivity index (χ4n) is 7.46. The molecule has 298 valence electrons. The van der Waals surface area contributed by atoms with Crippen molar-refractivity contribution in [1.82, 2.24) is 25.2 Å². The van der Waals surface area contributed by atoms with Crippen molar-refractivity contribution in [2.24, 2.45) is 5.92 Å². The molecule has 3 heterocycles. The lowest BCUT2D eigenvalue weighted by molar-refractivity contribution is -0.141. The van der Waals surface area contributed by atoms with Gasteiger partial charge in [-0.1, -0.05) is 48.9 Å². The molecule has 4 aliphatic rings. The minimum absolute atomic E-state index is 0.0113. The van der Waals surface area contributed by atoms with E-state index in [1.165, 1.54) is 4.90 Å². The van der Waals surface area contributed by atoms with Crippen LogP contribution in [0.1, 0.15) is 72.1 Å². The number of hydrogen-bond acceptors (Lipinski definition) is 10. The summed E-state index contributed by atoms with van der Waals surface area (Å²) in [4.78, 5) is 62.1. The number of methoxy groups -OCH3 is 1. The highest BCUT2D eigenvalue weighted by Gasteiger charge is 2.62. The van der Waals surface area contributed by atoms with Crippen molar-refractivity contribution in [3.05, 3.63) is 66.7 Å². The summed E-state index contributed by atoms with van der Waals surface area (Å²) in [6, 6.07) is 14.8. The van der Waals surface area contributed by atoms with Crippen LogP contribution in [0.3, 0.4) is 0 Å². The van der Waals surface area contributed by atoms with Gasteiger partial charge in [-0.25, -0.2) is 18.2 Å². The van der Waals surface area contributed by atoms with Gasteiger partial charge < -0.3 is 29.7 Å². The molecule has 5 atom stereocenters. The van der Waals surface area contributed by atoms with Crippen LogP contribution < -0.4 is 24.8 Å². The number of carbonyl (C=O) groups excluding carboxylic acids is 4. The van der Waals surface area contributed by atoms with Crippen LogP contribution in [-0.2, 0) is 29.1 Å². The van der Waals surface area contributed by atoms with Gasteiger partial charge in [-0.3, -0.25) is 19.1 Å². The molecule has 3 N–H and O–H groups in total. The van der Waals surface area contributed by atoms with Gasteiger partial charge in [0.2, 0.25) is 21.8 Å². The van der Waals surface area contributed by atoms with Crippen molar-refractivity contribution in [3.63, 3.8) is 0 Å². The van der Waals surface area contributed by atoms with Crippen molar-refractivity contribution in [2.45, 2.75) is 107 Å². The van der Waals surface area contributed by atoms with E-state index in [9.17, 15) is 27.6 Å². The fraction of sp³-hybridized carbons (Fsp3) is 0.488. The van der Waals surface area contributed by atoms with Gasteiger partial charge in [0.1, 0.15) is 40.8 Å². The minimum atomic E-state index is -3.90. The first-order valence-electron chi connectivity index (χ1n) is 19.2. The van der Waals surface area contributed by atoms with Gasteiger partial charge >= 0.3 is 6.09 Å². The topological polar surface area (TPSA) is 182 Å². The summed E-state index contributed by atoms with van der Waals surface area (Å²) >= 11 is 0. The average Bonchev–Trinajstić information content (AvgIpc) is 4.08. The second-order valence-corrected chi connectivity index (χ2v) is 18.1. The maximum Gasteiger partial charge on any atom is 0.408 e. The molecule has 7 rings (SSSR count). The number of aromatic nitrogens is 1.